The molecule has 0 radical (unpaired) electrons. The molecular formula is C27H41Cl3N8. The summed E-state index contributed by atoms with van der Waals surface area (Å²) in [5, 5.41) is 5.03. The van der Waals surface area contributed by atoms with E-state index in [9.17, 15) is 0 Å². The lowest BCUT2D eigenvalue weighted by atomic mass is 9.89. The molecule has 6 rings (SSSR count). The summed E-state index contributed by atoms with van der Waals surface area (Å²) < 4.78 is 2.03. The first-order chi connectivity index (χ1) is 17.2. The Morgan fingerprint density at radius 2 is 1.42 bits per heavy atom. The van der Waals surface area contributed by atoms with Crippen LogP contribution in [-0.2, 0) is 6.54 Å². The summed E-state index contributed by atoms with van der Waals surface area (Å²) in [7, 11) is 2.21. The predicted octanol–water partition coefficient (Wildman–Crippen LogP) is 4.51. The van der Waals surface area contributed by atoms with Gasteiger partial charge in [-0.15, -0.1) is 42.3 Å². The Morgan fingerprint density at radius 1 is 0.763 bits per heavy atom. The second-order valence-electron chi connectivity index (χ2n) is 10.5. The fraction of sp³-hybridized carbons (Fsp3) is 0.593. The highest BCUT2D eigenvalue weighted by Gasteiger charge is 2.25. The summed E-state index contributed by atoms with van der Waals surface area (Å²) in [5.41, 5.74) is 2.44. The number of aromatic nitrogens is 4. The maximum atomic E-state index is 5.03. The maximum absolute atomic E-state index is 5.03. The molecule has 8 nitrogen and oxygen atoms in total. The Bertz CT molecular complexity index is 1120. The van der Waals surface area contributed by atoms with Crippen LogP contribution in [0.5, 0.6) is 0 Å². The summed E-state index contributed by atoms with van der Waals surface area (Å²) >= 11 is 0. The Labute approximate surface area is 245 Å². The van der Waals surface area contributed by atoms with Gasteiger partial charge in [0.25, 0.3) is 5.78 Å². The number of fused-ring (bicyclic) bond motifs is 1. The number of anilines is 2. The Balaban J connectivity index is 0.00000133. The van der Waals surface area contributed by atoms with E-state index in [4.69, 9.17) is 15.1 Å². The van der Waals surface area contributed by atoms with Gasteiger partial charge in [0.15, 0.2) is 5.82 Å². The number of para-hydroxylation sites is 1. The molecule has 1 aromatic carbocycles. The summed E-state index contributed by atoms with van der Waals surface area (Å²) in [6.45, 7) is 9.24. The zero-order valence-electron chi connectivity index (χ0n) is 22.2. The summed E-state index contributed by atoms with van der Waals surface area (Å²) in [4.78, 5) is 19.9. The number of hydrogen-bond acceptors (Lipinski definition) is 7. The Kier molecular flexibility index (Phi) is 11.3. The number of rotatable bonds is 5. The second kappa shape index (κ2) is 14.0. The van der Waals surface area contributed by atoms with Crippen molar-refractivity contribution in [3.05, 3.63) is 47.9 Å². The van der Waals surface area contributed by atoms with Crippen molar-refractivity contribution in [2.24, 2.45) is 0 Å². The van der Waals surface area contributed by atoms with Crippen molar-refractivity contribution < 1.29 is 0 Å². The van der Waals surface area contributed by atoms with E-state index in [1.807, 2.05) is 4.52 Å². The van der Waals surface area contributed by atoms with Crippen LogP contribution in [0, 0.1) is 0 Å². The lowest BCUT2D eigenvalue weighted by molar-refractivity contribution is 0.247. The van der Waals surface area contributed by atoms with Gasteiger partial charge >= 0.3 is 0 Å². The highest BCUT2D eigenvalue weighted by atomic mass is 35.5. The fourth-order valence-electron chi connectivity index (χ4n) is 5.82. The van der Waals surface area contributed by atoms with Crippen LogP contribution < -0.4 is 9.80 Å². The van der Waals surface area contributed by atoms with Crippen molar-refractivity contribution in [3.8, 4) is 0 Å². The molecule has 0 N–H and O–H groups in total. The average Bonchev–Trinajstić information content (AvgIpc) is 3.35. The van der Waals surface area contributed by atoms with Gasteiger partial charge in [0.1, 0.15) is 5.82 Å². The van der Waals surface area contributed by atoms with Crippen LogP contribution in [0.2, 0.25) is 0 Å². The van der Waals surface area contributed by atoms with Crippen LogP contribution in [0.15, 0.2) is 36.4 Å². The van der Waals surface area contributed by atoms with E-state index in [-0.39, 0.29) is 37.2 Å². The molecule has 1 saturated carbocycles. The monoisotopic (exact) mass is 582 g/mol. The minimum atomic E-state index is 0. The molecule has 210 valence electrons. The van der Waals surface area contributed by atoms with Gasteiger partial charge in [-0.3, -0.25) is 4.90 Å². The number of halogens is 3. The van der Waals surface area contributed by atoms with Crippen molar-refractivity contribution >= 4 is 54.5 Å². The third-order valence-corrected chi connectivity index (χ3v) is 8.04. The molecule has 3 aliphatic rings. The molecule has 3 fully saturated rings. The summed E-state index contributed by atoms with van der Waals surface area (Å²) in [5.74, 6) is 3.43. The molecule has 4 heterocycles. The molecule has 2 aromatic heterocycles. The van der Waals surface area contributed by atoms with Crippen molar-refractivity contribution in [2.45, 2.75) is 44.6 Å². The molecule has 0 amide bonds. The molecule has 0 atom stereocenters. The quantitative estimate of drug-likeness (QED) is 0.438. The molecule has 3 aromatic rings. The maximum Gasteiger partial charge on any atom is 0.254 e. The number of piperazine rings is 2. The van der Waals surface area contributed by atoms with Gasteiger partial charge in [0.05, 0.1) is 5.69 Å². The Hall–Kier alpha value is -1.84. The topological polar surface area (TPSA) is 56.0 Å². The molecule has 1 aliphatic carbocycles. The van der Waals surface area contributed by atoms with E-state index >= 15 is 0 Å². The van der Waals surface area contributed by atoms with Crippen LogP contribution in [0.3, 0.4) is 0 Å². The zero-order valence-corrected chi connectivity index (χ0v) is 24.7. The van der Waals surface area contributed by atoms with E-state index < -0.39 is 0 Å². The molecule has 0 unspecified atom stereocenters. The van der Waals surface area contributed by atoms with E-state index in [0.29, 0.717) is 5.92 Å². The molecule has 2 aliphatic heterocycles. The Morgan fingerprint density at radius 3 is 2.11 bits per heavy atom. The molecule has 11 heteroatoms. The lowest BCUT2D eigenvalue weighted by Gasteiger charge is -2.36. The zero-order chi connectivity index (χ0) is 23.6. The van der Waals surface area contributed by atoms with E-state index in [1.165, 1.54) is 37.8 Å². The van der Waals surface area contributed by atoms with Crippen LogP contribution >= 0.6 is 37.2 Å². The van der Waals surface area contributed by atoms with Gasteiger partial charge < -0.3 is 14.7 Å². The fourth-order valence-corrected chi connectivity index (χ4v) is 5.82. The first-order valence-corrected chi connectivity index (χ1v) is 13.5. The minimum absolute atomic E-state index is 0. The van der Waals surface area contributed by atoms with E-state index in [1.54, 1.807) is 0 Å². The number of hydrogen-bond donors (Lipinski definition) is 0. The van der Waals surface area contributed by atoms with Gasteiger partial charge in [-0.1, -0.05) is 37.5 Å². The van der Waals surface area contributed by atoms with Crippen LogP contribution in [0.25, 0.3) is 5.78 Å². The highest BCUT2D eigenvalue weighted by Crippen LogP contribution is 2.31. The smallest absolute Gasteiger partial charge is 0.254 e. The third kappa shape index (κ3) is 6.83. The van der Waals surface area contributed by atoms with Crippen molar-refractivity contribution in [3.63, 3.8) is 0 Å². The van der Waals surface area contributed by atoms with Crippen LogP contribution in [-0.4, -0.2) is 88.8 Å². The van der Waals surface area contributed by atoms with Crippen molar-refractivity contribution in [2.75, 3.05) is 69.2 Å². The summed E-state index contributed by atoms with van der Waals surface area (Å²) in [6, 6.07) is 13.0. The number of nitrogens with zero attached hydrogens (tertiary/aromatic N) is 8. The van der Waals surface area contributed by atoms with Crippen molar-refractivity contribution in [1.29, 1.82) is 0 Å². The number of likely N-dealkylation sites (N-methyl/N-ethyl adjacent to an activating group) is 1. The second-order valence-corrected chi connectivity index (χ2v) is 10.5. The first kappa shape index (κ1) is 30.7. The van der Waals surface area contributed by atoms with E-state index in [0.717, 1.165) is 82.0 Å². The van der Waals surface area contributed by atoms with E-state index in [2.05, 4.69) is 63.0 Å². The third-order valence-electron chi connectivity index (χ3n) is 8.04. The SMILES string of the molecule is CN1CCN(c2cc(CN3CCN(c4ccccc4)CC3)nc3nc(C4CCCCC4)nn23)CC1.Cl.Cl.Cl. The largest absolute Gasteiger partial charge is 0.369 e. The lowest BCUT2D eigenvalue weighted by Crippen LogP contribution is -2.46. The highest BCUT2D eigenvalue weighted by molar-refractivity contribution is 5.86. The standard InChI is InChI=1S/C27H38N8.3ClH/c1-31-12-16-34(17-13-31)25-20-23(21-32-14-18-33(19-15-32)24-10-6-3-7-11-24)28-27-29-26(30-35(25)27)22-8-4-2-5-9-22;;;/h3,6-7,10-11,20,22H,2,4-5,8-9,12-19,21H2,1H3;3*1H. The van der Waals surface area contributed by atoms with Gasteiger partial charge in [-0.25, -0.2) is 4.98 Å². The first-order valence-electron chi connectivity index (χ1n) is 13.5. The minimum Gasteiger partial charge on any atom is -0.369 e. The van der Waals surface area contributed by atoms with Crippen LogP contribution in [0.1, 0.15) is 49.5 Å². The van der Waals surface area contributed by atoms with Crippen LogP contribution in [0.4, 0.5) is 11.5 Å². The van der Waals surface area contributed by atoms with Gasteiger partial charge in [0.2, 0.25) is 0 Å². The average molecular weight is 584 g/mol. The summed E-state index contributed by atoms with van der Waals surface area (Å²) in [6.07, 6.45) is 6.34. The molecule has 0 spiro atoms. The van der Waals surface area contributed by atoms with Gasteiger partial charge in [-0.2, -0.15) is 9.50 Å². The normalized spacial score (nSPS) is 19.5. The van der Waals surface area contributed by atoms with Gasteiger partial charge in [-0.05, 0) is 32.0 Å². The van der Waals surface area contributed by atoms with Crippen molar-refractivity contribution in [1.82, 2.24) is 29.4 Å². The molecule has 0 bridgehead atoms. The predicted molar refractivity (Wildman–Crippen MR) is 162 cm³/mol. The molecule has 2 saturated heterocycles. The molecule has 38 heavy (non-hydrogen) atoms. The van der Waals surface area contributed by atoms with Gasteiger partial charge in [0, 0.05) is 76.6 Å². The molecular weight excluding hydrogens is 543 g/mol. The number of benzene rings is 1.